The molecular weight excluding hydrogens is 432 g/mol. The normalized spacial score (nSPS) is 13.6. The quantitative estimate of drug-likeness (QED) is 0.247. The maximum absolute atomic E-state index is 4.16. The summed E-state index contributed by atoms with van der Waals surface area (Å²) in [4.78, 5) is 0. The maximum atomic E-state index is 4.16. The molecule has 0 heteroatoms. The zero-order valence-electron chi connectivity index (χ0n) is 20.3. The Hall–Kier alpha value is -4.42. The van der Waals surface area contributed by atoms with Crippen LogP contribution in [0, 0.1) is 0 Å². The molecule has 0 saturated carbocycles. The molecule has 0 aromatic heterocycles. The zero-order chi connectivity index (χ0) is 24.2. The van der Waals surface area contributed by atoms with E-state index in [1.54, 1.807) is 0 Å². The van der Waals surface area contributed by atoms with E-state index < -0.39 is 0 Å². The molecular formula is C36H26. The molecule has 7 rings (SSSR count). The minimum Gasteiger partial charge on any atom is -0.0955 e. The summed E-state index contributed by atoms with van der Waals surface area (Å²) in [5, 5.41) is 0. The van der Waals surface area contributed by atoms with Gasteiger partial charge in [-0.05, 0) is 73.7 Å². The van der Waals surface area contributed by atoms with E-state index in [4.69, 9.17) is 0 Å². The molecule has 2 aliphatic carbocycles. The van der Waals surface area contributed by atoms with Gasteiger partial charge in [-0.1, -0.05) is 133 Å². The molecule has 0 radical (unpaired) electrons. The number of fused-ring (bicyclic) bond motifs is 11. The van der Waals surface area contributed by atoms with E-state index in [0.717, 1.165) is 5.57 Å². The summed E-state index contributed by atoms with van der Waals surface area (Å²) >= 11 is 0. The van der Waals surface area contributed by atoms with Gasteiger partial charge in [0.15, 0.2) is 0 Å². The van der Waals surface area contributed by atoms with Gasteiger partial charge in [-0.2, -0.15) is 0 Å². The average molecular weight is 459 g/mol. The molecule has 170 valence electrons. The van der Waals surface area contributed by atoms with Crippen LogP contribution in [0.1, 0.15) is 46.2 Å². The molecule has 0 nitrogen and oxygen atoms in total. The fourth-order valence-electron chi connectivity index (χ4n) is 6.16. The van der Waals surface area contributed by atoms with E-state index >= 15 is 0 Å². The largest absolute Gasteiger partial charge is 0.0955 e. The lowest BCUT2D eigenvalue weighted by atomic mass is 9.78. The molecule has 0 spiro atoms. The minimum atomic E-state index is 0.114. The fourth-order valence-corrected chi connectivity index (χ4v) is 6.16. The highest BCUT2D eigenvalue weighted by atomic mass is 14.4. The highest BCUT2D eigenvalue weighted by Crippen LogP contribution is 2.56. The topological polar surface area (TPSA) is 0 Å². The molecule has 0 unspecified atom stereocenters. The van der Waals surface area contributed by atoms with Crippen molar-refractivity contribution in [3.05, 3.63) is 161 Å². The lowest BCUT2D eigenvalue weighted by Crippen LogP contribution is -2.06. The van der Waals surface area contributed by atoms with Crippen molar-refractivity contribution >= 4 is 16.7 Å². The highest BCUT2D eigenvalue weighted by Gasteiger charge is 2.35. The van der Waals surface area contributed by atoms with Crippen molar-refractivity contribution in [2.45, 2.75) is 12.8 Å². The number of hydrogen-bond acceptors (Lipinski definition) is 0. The first-order valence-corrected chi connectivity index (χ1v) is 12.6. The van der Waals surface area contributed by atoms with Crippen LogP contribution >= 0.6 is 0 Å². The van der Waals surface area contributed by atoms with E-state index in [1.165, 1.54) is 66.8 Å². The van der Waals surface area contributed by atoms with Crippen molar-refractivity contribution in [2.75, 3.05) is 0 Å². The molecule has 5 aromatic carbocycles. The van der Waals surface area contributed by atoms with E-state index in [9.17, 15) is 0 Å². The van der Waals surface area contributed by atoms with Gasteiger partial charge in [0.25, 0.3) is 0 Å². The second kappa shape index (κ2) is 8.07. The third kappa shape index (κ3) is 3.01. The van der Waals surface area contributed by atoms with Gasteiger partial charge < -0.3 is 0 Å². The van der Waals surface area contributed by atoms with Crippen LogP contribution in [0.25, 0.3) is 39.0 Å². The van der Waals surface area contributed by atoms with Gasteiger partial charge in [-0.25, -0.2) is 0 Å². The van der Waals surface area contributed by atoms with Crippen LogP contribution in [0.4, 0.5) is 0 Å². The van der Waals surface area contributed by atoms with E-state index in [2.05, 4.69) is 135 Å². The molecule has 36 heavy (non-hydrogen) atoms. The number of hydrogen-bond donors (Lipinski definition) is 0. The lowest BCUT2D eigenvalue weighted by molar-refractivity contribution is 1.06. The Bertz CT molecular complexity index is 1600. The van der Waals surface area contributed by atoms with Crippen LogP contribution in [0.3, 0.4) is 0 Å². The summed E-state index contributed by atoms with van der Waals surface area (Å²) in [6.07, 6.45) is 0. The van der Waals surface area contributed by atoms with Crippen molar-refractivity contribution in [2.24, 2.45) is 0 Å². The summed E-state index contributed by atoms with van der Waals surface area (Å²) < 4.78 is 0. The Morgan fingerprint density at radius 1 is 0.500 bits per heavy atom. The van der Waals surface area contributed by atoms with Crippen molar-refractivity contribution in [1.29, 1.82) is 0 Å². The van der Waals surface area contributed by atoms with Gasteiger partial charge >= 0.3 is 0 Å². The van der Waals surface area contributed by atoms with Crippen LogP contribution < -0.4 is 0 Å². The summed E-state index contributed by atoms with van der Waals surface area (Å²) in [6.45, 7) is 6.23. The monoisotopic (exact) mass is 458 g/mol. The Morgan fingerprint density at radius 2 is 0.917 bits per heavy atom. The standard InChI is InChI=1S/C36H26/c1-23(2)24-19-21-25(22-20-24)34-35-30-15-7-3-11-26(30)27-12-4-8-16-31(27)36(34)33-18-10-6-14-29(33)28-13-5-9-17-32(28)35/h3-22,35H,1H2,2H3. The first kappa shape index (κ1) is 20.9. The molecule has 2 bridgehead atoms. The maximum Gasteiger partial charge on any atom is 0.0364 e. The van der Waals surface area contributed by atoms with E-state index in [-0.39, 0.29) is 5.92 Å². The van der Waals surface area contributed by atoms with E-state index in [0.29, 0.717) is 0 Å². The smallest absolute Gasteiger partial charge is 0.0364 e. The van der Waals surface area contributed by atoms with Crippen LogP contribution in [0.15, 0.2) is 128 Å². The molecule has 5 aromatic rings. The van der Waals surface area contributed by atoms with Gasteiger partial charge in [0.1, 0.15) is 0 Å². The summed E-state index contributed by atoms with van der Waals surface area (Å²) in [6, 6.07) is 44.9. The predicted octanol–water partition coefficient (Wildman–Crippen LogP) is 9.47. The summed E-state index contributed by atoms with van der Waals surface area (Å²) in [5.74, 6) is 0.114. The Balaban J connectivity index is 1.70. The molecule has 0 heterocycles. The molecule has 0 saturated heterocycles. The van der Waals surface area contributed by atoms with Gasteiger partial charge in [0.2, 0.25) is 0 Å². The highest BCUT2D eigenvalue weighted by molar-refractivity contribution is 6.11. The summed E-state index contributed by atoms with van der Waals surface area (Å²) in [5.41, 5.74) is 16.8. The van der Waals surface area contributed by atoms with Crippen molar-refractivity contribution < 1.29 is 0 Å². The average Bonchev–Trinajstić information content (AvgIpc) is 3.14. The zero-order valence-corrected chi connectivity index (χ0v) is 20.3. The Morgan fingerprint density at radius 3 is 1.39 bits per heavy atom. The predicted molar refractivity (Wildman–Crippen MR) is 153 cm³/mol. The van der Waals surface area contributed by atoms with Crippen LogP contribution in [0.2, 0.25) is 0 Å². The van der Waals surface area contributed by atoms with Gasteiger partial charge in [-0.15, -0.1) is 0 Å². The summed E-state index contributed by atoms with van der Waals surface area (Å²) in [7, 11) is 0. The number of allylic oxidation sites excluding steroid dienone is 2. The first-order chi connectivity index (χ1) is 17.7. The second-order valence-electron chi connectivity index (χ2n) is 9.85. The molecule has 0 fully saturated rings. The Kier molecular flexibility index (Phi) is 4.69. The van der Waals surface area contributed by atoms with Gasteiger partial charge in [0.05, 0.1) is 0 Å². The molecule has 2 aliphatic rings. The number of benzene rings is 5. The lowest BCUT2D eigenvalue weighted by Gasteiger charge is -2.25. The molecule has 0 atom stereocenters. The molecule has 0 N–H and O–H groups in total. The van der Waals surface area contributed by atoms with Crippen LogP contribution in [-0.2, 0) is 0 Å². The van der Waals surface area contributed by atoms with E-state index in [1.807, 2.05) is 0 Å². The SMILES string of the molecule is C=C(C)c1ccc(C2=C3c4ccccc4-c4ccccc4C2c2ccccc2-c2ccccc23)cc1. The Labute approximate surface area is 212 Å². The van der Waals surface area contributed by atoms with Crippen LogP contribution in [0.5, 0.6) is 0 Å². The third-order valence-corrected chi connectivity index (χ3v) is 7.76. The van der Waals surface area contributed by atoms with Gasteiger partial charge in [-0.3, -0.25) is 0 Å². The first-order valence-electron chi connectivity index (χ1n) is 12.6. The van der Waals surface area contributed by atoms with Crippen LogP contribution in [-0.4, -0.2) is 0 Å². The van der Waals surface area contributed by atoms with Crippen molar-refractivity contribution in [1.82, 2.24) is 0 Å². The third-order valence-electron chi connectivity index (χ3n) is 7.76. The number of rotatable bonds is 2. The van der Waals surface area contributed by atoms with Crippen molar-refractivity contribution in [3.8, 4) is 22.3 Å². The fraction of sp³-hybridized carbons (Fsp3) is 0.0556. The van der Waals surface area contributed by atoms with Crippen molar-refractivity contribution in [3.63, 3.8) is 0 Å². The minimum absolute atomic E-state index is 0.114. The van der Waals surface area contributed by atoms with Gasteiger partial charge in [0, 0.05) is 5.92 Å². The molecule has 0 aliphatic heterocycles. The molecule has 0 amide bonds. The second-order valence-corrected chi connectivity index (χ2v) is 9.85.